The Bertz CT molecular complexity index is 809. The highest BCUT2D eigenvalue weighted by atomic mass is 16.7. The number of ether oxygens (including phenoxy) is 3. The van der Waals surface area contributed by atoms with Crippen molar-refractivity contribution in [2.24, 2.45) is 0 Å². The van der Waals surface area contributed by atoms with Crippen molar-refractivity contribution >= 4 is 11.6 Å². The molecule has 5 nitrogen and oxygen atoms in total. The van der Waals surface area contributed by atoms with Crippen molar-refractivity contribution in [1.82, 2.24) is 0 Å². The first-order chi connectivity index (χ1) is 12.5. The highest BCUT2D eigenvalue weighted by Crippen LogP contribution is 2.47. The van der Waals surface area contributed by atoms with Crippen molar-refractivity contribution in [3.8, 4) is 17.2 Å². The summed E-state index contributed by atoms with van der Waals surface area (Å²) in [6.45, 7) is 3.74. The molecule has 0 saturated heterocycles. The fourth-order valence-corrected chi connectivity index (χ4v) is 3.41. The van der Waals surface area contributed by atoms with Gasteiger partial charge in [0.2, 0.25) is 0 Å². The summed E-state index contributed by atoms with van der Waals surface area (Å²) in [5.41, 5.74) is 1.82. The number of benzene rings is 2. The molecule has 4 rings (SSSR count). The van der Waals surface area contributed by atoms with E-state index in [1.165, 1.54) is 0 Å². The number of nitrogens with one attached hydrogen (secondary N) is 1. The van der Waals surface area contributed by atoms with Gasteiger partial charge in [0.25, 0.3) is 11.7 Å². The highest BCUT2D eigenvalue weighted by Gasteiger charge is 2.44. The molecule has 2 aromatic rings. The number of fused-ring (bicyclic) bond motifs is 1. The first-order valence-corrected chi connectivity index (χ1v) is 9.09. The molecule has 2 aromatic carbocycles. The van der Waals surface area contributed by atoms with Gasteiger partial charge in [-0.25, -0.2) is 0 Å². The molecule has 1 fully saturated rings. The minimum atomic E-state index is -0.607. The number of amides is 1. The fourth-order valence-electron chi connectivity index (χ4n) is 3.41. The summed E-state index contributed by atoms with van der Waals surface area (Å²) in [5, 5.41) is 2.88. The molecule has 1 N–H and O–H groups in total. The predicted molar refractivity (Wildman–Crippen MR) is 98.8 cm³/mol. The third kappa shape index (κ3) is 3.34. The SMILES string of the molecule is Cc1ccc(OC(C)C(=O)Nc2ccc3c(c2)OC2(CCCC2)O3)cc1. The van der Waals surface area contributed by atoms with Crippen LogP contribution in [0.15, 0.2) is 42.5 Å². The molecule has 5 heteroatoms. The van der Waals surface area contributed by atoms with E-state index in [9.17, 15) is 4.79 Å². The van der Waals surface area contributed by atoms with Gasteiger partial charge in [-0.2, -0.15) is 0 Å². The van der Waals surface area contributed by atoms with Gasteiger partial charge in [0.15, 0.2) is 17.6 Å². The molecule has 0 bridgehead atoms. The summed E-state index contributed by atoms with van der Waals surface area (Å²) >= 11 is 0. The van der Waals surface area contributed by atoms with E-state index in [1.807, 2.05) is 49.4 Å². The molecular formula is C21H23NO4. The largest absolute Gasteiger partial charge is 0.481 e. The molecule has 0 aromatic heterocycles. The van der Waals surface area contributed by atoms with E-state index >= 15 is 0 Å². The van der Waals surface area contributed by atoms with E-state index in [1.54, 1.807) is 6.92 Å². The second-order valence-corrected chi connectivity index (χ2v) is 7.05. The first-order valence-electron chi connectivity index (χ1n) is 9.09. The van der Waals surface area contributed by atoms with Crippen molar-refractivity contribution < 1.29 is 19.0 Å². The van der Waals surface area contributed by atoms with Crippen LogP contribution in [0.3, 0.4) is 0 Å². The number of hydrogen-bond acceptors (Lipinski definition) is 4. The van der Waals surface area contributed by atoms with Gasteiger partial charge >= 0.3 is 0 Å². The second kappa shape index (κ2) is 6.56. The summed E-state index contributed by atoms with van der Waals surface area (Å²) in [7, 11) is 0. The van der Waals surface area contributed by atoms with E-state index in [2.05, 4.69) is 5.32 Å². The number of rotatable bonds is 4. The summed E-state index contributed by atoms with van der Waals surface area (Å²) in [4.78, 5) is 12.4. The topological polar surface area (TPSA) is 56.8 Å². The minimum Gasteiger partial charge on any atom is -0.481 e. The van der Waals surface area contributed by atoms with Crippen LogP contribution in [-0.4, -0.2) is 17.8 Å². The Balaban J connectivity index is 1.40. The van der Waals surface area contributed by atoms with Crippen LogP contribution in [0.1, 0.15) is 38.2 Å². The average molecular weight is 353 g/mol. The van der Waals surface area contributed by atoms with E-state index < -0.39 is 11.9 Å². The Morgan fingerprint density at radius 1 is 1.08 bits per heavy atom. The maximum absolute atomic E-state index is 12.4. The summed E-state index contributed by atoms with van der Waals surface area (Å²) < 4.78 is 17.7. The van der Waals surface area contributed by atoms with Gasteiger partial charge in [-0.1, -0.05) is 17.7 Å². The molecular weight excluding hydrogens is 330 g/mol. The number of carbonyl (C=O) groups is 1. The van der Waals surface area contributed by atoms with Crippen molar-refractivity contribution in [2.45, 2.75) is 51.4 Å². The lowest BCUT2D eigenvalue weighted by atomic mass is 10.2. The van der Waals surface area contributed by atoms with Crippen LogP contribution in [0.2, 0.25) is 0 Å². The van der Waals surface area contributed by atoms with Crippen molar-refractivity contribution in [1.29, 1.82) is 0 Å². The van der Waals surface area contributed by atoms with Crippen molar-refractivity contribution in [3.63, 3.8) is 0 Å². The monoisotopic (exact) mass is 353 g/mol. The van der Waals surface area contributed by atoms with E-state index in [0.29, 0.717) is 17.2 Å². The third-order valence-corrected chi connectivity index (χ3v) is 4.87. The lowest BCUT2D eigenvalue weighted by Gasteiger charge is -2.21. The van der Waals surface area contributed by atoms with Gasteiger partial charge in [-0.15, -0.1) is 0 Å². The predicted octanol–water partition coefficient (Wildman–Crippen LogP) is 4.44. The normalized spacial score (nSPS) is 17.9. The molecule has 1 saturated carbocycles. The number of aryl methyl sites for hydroxylation is 1. The molecule has 136 valence electrons. The second-order valence-electron chi connectivity index (χ2n) is 7.05. The van der Waals surface area contributed by atoms with Crippen LogP contribution < -0.4 is 19.5 Å². The molecule has 1 unspecified atom stereocenters. The zero-order valence-corrected chi connectivity index (χ0v) is 15.1. The molecule has 1 aliphatic heterocycles. The Morgan fingerprint density at radius 3 is 2.50 bits per heavy atom. The first kappa shape index (κ1) is 16.8. The van der Waals surface area contributed by atoms with Crippen LogP contribution in [0.25, 0.3) is 0 Å². The Kier molecular flexibility index (Phi) is 4.23. The van der Waals surface area contributed by atoms with Crippen LogP contribution in [0, 0.1) is 6.92 Å². The summed E-state index contributed by atoms with van der Waals surface area (Å²) in [6, 6.07) is 13.1. The van der Waals surface area contributed by atoms with Gasteiger partial charge in [0.1, 0.15) is 5.75 Å². The van der Waals surface area contributed by atoms with Crippen molar-refractivity contribution in [2.75, 3.05) is 5.32 Å². The number of hydrogen-bond donors (Lipinski definition) is 1. The average Bonchev–Trinajstić information content (AvgIpc) is 3.22. The van der Waals surface area contributed by atoms with Gasteiger partial charge in [-0.3, -0.25) is 4.79 Å². The fraction of sp³-hybridized carbons (Fsp3) is 0.381. The molecule has 1 heterocycles. The van der Waals surface area contributed by atoms with Crippen molar-refractivity contribution in [3.05, 3.63) is 48.0 Å². The molecule has 2 aliphatic rings. The van der Waals surface area contributed by atoms with E-state index in [4.69, 9.17) is 14.2 Å². The van der Waals surface area contributed by atoms with Gasteiger partial charge in [0.05, 0.1) is 0 Å². The van der Waals surface area contributed by atoms with Crippen LogP contribution >= 0.6 is 0 Å². The smallest absolute Gasteiger partial charge is 0.265 e. The lowest BCUT2D eigenvalue weighted by molar-refractivity contribution is -0.122. The molecule has 1 aliphatic carbocycles. The van der Waals surface area contributed by atoms with Gasteiger partial charge < -0.3 is 19.5 Å². The summed E-state index contributed by atoms with van der Waals surface area (Å²) in [5.74, 6) is 1.41. The zero-order chi connectivity index (χ0) is 18.1. The van der Waals surface area contributed by atoms with Crippen LogP contribution in [-0.2, 0) is 4.79 Å². The maximum atomic E-state index is 12.4. The maximum Gasteiger partial charge on any atom is 0.265 e. The highest BCUT2D eigenvalue weighted by molar-refractivity contribution is 5.94. The Hall–Kier alpha value is -2.69. The Labute approximate surface area is 153 Å². The quantitative estimate of drug-likeness (QED) is 0.883. The van der Waals surface area contributed by atoms with Crippen LogP contribution in [0.5, 0.6) is 17.2 Å². The molecule has 1 amide bonds. The van der Waals surface area contributed by atoms with E-state index in [0.717, 1.165) is 37.0 Å². The molecule has 0 radical (unpaired) electrons. The Morgan fingerprint density at radius 2 is 1.77 bits per heavy atom. The number of anilines is 1. The van der Waals surface area contributed by atoms with Crippen LogP contribution in [0.4, 0.5) is 5.69 Å². The zero-order valence-electron chi connectivity index (χ0n) is 15.1. The molecule has 1 atom stereocenters. The lowest BCUT2D eigenvalue weighted by Crippen LogP contribution is -2.34. The summed E-state index contributed by atoms with van der Waals surface area (Å²) in [6.07, 6.45) is 3.44. The minimum absolute atomic E-state index is 0.208. The van der Waals surface area contributed by atoms with Gasteiger partial charge in [-0.05, 0) is 51.0 Å². The number of carbonyl (C=O) groups excluding carboxylic acids is 1. The van der Waals surface area contributed by atoms with Gasteiger partial charge in [0, 0.05) is 24.6 Å². The third-order valence-electron chi connectivity index (χ3n) is 4.87. The molecule has 1 spiro atoms. The van der Waals surface area contributed by atoms with E-state index in [-0.39, 0.29) is 5.91 Å². The standard InChI is InChI=1S/C21H23NO4/c1-14-5-8-17(9-6-14)24-15(2)20(23)22-16-7-10-18-19(13-16)26-21(25-18)11-3-4-12-21/h5-10,13,15H,3-4,11-12H2,1-2H3,(H,22,23). The molecule has 26 heavy (non-hydrogen) atoms.